The fraction of sp³-hybridized carbons (Fsp3) is 0.571. The summed E-state index contributed by atoms with van der Waals surface area (Å²) in [6.45, 7) is 0. The van der Waals surface area contributed by atoms with Gasteiger partial charge in [-0.3, -0.25) is 9.36 Å². The number of aromatic amines is 1. The molecule has 3 aliphatic rings. The molecule has 2 aromatic rings. The predicted molar refractivity (Wildman–Crippen MR) is 78.1 cm³/mol. The van der Waals surface area contributed by atoms with Crippen LogP contribution in [-0.4, -0.2) is 9.55 Å². The van der Waals surface area contributed by atoms with E-state index < -0.39 is 0 Å². The number of nitrogens with one attached hydrogen (secondary N) is 1. The molecule has 0 amide bonds. The number of thiophene rings is 1. The van der Waals surface area contributed by atoms with E-state index in [4.69, 9.17) is 12.2 Å². The minimum Gasteiger partial charge on any atom is -0.331 e. The molecule has 0 spiro atoms. The van der Waals surface area contributed by atoms with Gasteiger partial charge in [0.1, 0.15) is 4.70 Å². The maximum atomic E-state index is 12.6. The first-order valence-corrected chi connectivity index (χ1v) is 8.26. The lowest BCUT2D eigenvalue weighted by Gasteiger charge is -2.11. The number of H-pyrrole nitrogens is 1. The molecule has 2 aromatic heterocycles. The zero-order valence-corrected chi connectivity index (χ0v) is 12.0. The highest BCUT2D eigenvalue weighted by Crippen LogP contribution is 2.71. The van der Waals surface area contributed by atoms with Crippen LogP contribution in [0.25, 0.3) is 10.2 Å². The Morgan fingerprint density at radius 3 is 2.79 bits per heavy atom. The van der Waals surface area contributed by atoms with Crippen molar-refractivity contribution in [2.45, 2.75) is 25.3 Å². The smallest absolute Gasteiger partial charge is 0.272 e. The summed E-state index contributed by atoms with van der Waals surface area (Å²) in [5.41, 5.74) is 1.03. The lowest BCUT2D eigenvalue weighted by atomic mass is 10.0. The van der Waals surface area contributed by atoms with E-state index in [0.29, 0.717) is 10.8 Å². The molecule has 98 valence electrons. The summed E-state index contributed by atoms with van der Waals surface area (Å²) in [6, 6.07) is 2.34. The van der Waals surface area contributed by atoms with Crippen molar-refractivity contribution in [1.82, 2.24) is 9.55 Å². The van der Waals surface area contributed by atoms with Crippen LogP contribution in [0.4, 0.5) is 0 Å². The van der Waals surface area contributed by atoms with Gasteiger partial charge in [0.2, 0.25) is 0 Å². The van der Waals surface area contributed by atoms with Crippen molar-refractivity contribution in [3.8, 4) is 0 Å². The Bertz CT molecular complexity index is 786. The summed E-state index contributed by atoms with van der Waals surface area (Å²) >= 11 is 6.95. The molecule has 3 aliphatic carbocycles. The summed E-state index contributed by atoms with van der Waals surface area (Å²) in [6.07, 6.45) is 4.14. The van der Waals surface area contributed by atoms with Gasteiger partial charge in [-0.25, -0.2) is 0 Å². The number of nitrogens with zero attached hydrogens (tertiary/aromatic N) is 1. The minimum atomic E-state index is 0.132. The topological polar surface area (TPSA) is 37.8 Å². The molecule has 0 aliphatic heterocycles. The highest BCUT2D eigenvalue weighted by molar-refractivity contribution is 7.71. The lowest BCUT2D eigenvalue weighted by molar-refractivity contribution is 0.443. The first-order chi connectivity index (χ1) is 9.25. The highest BCUT2D eigenvalue weighted by atomic mass is 32.1. The van der Waals surface area contributed by atoms with E-state index in [2.05, 4.69) is 4.98 Å². The summed E-state index contributed by atoms with van der Waals surface area (Å²) in [7, 11) is 0. The fourth-order valence-corrected chi connectivity index (χ4v) is 5.95. The molecule has 4 atom stereocenters. The van der Waals surface area contributed by atoms with E-state index >= 15 is 0 Å². The van der Waals surface area contributed by atoms with Crippen LogP contribution in [0.3, 0.4) is 0 Å². The fourth-order valence-electron chi connectivity index (χ4n) is 4.85. The van der Waals surface area contributed by atoms with Gasteiger partial charge in [-0.2, -0.15) is 0 Å². The standard InChI is InChI=1S/C14H14N2OS2/c17-13-12-8(3-4-19-12)15-14(18)16(13)11-9-6-1-2-7(5-6)10(9)11/h3-4,6-7,9-11H,1-2,5H2,(H,15,18). The van der Waals surface area contributed by atoms with E-state index in [9.17, 15) is 4.79 Å². The second-order valence-electron chi connectivity index (χ2n) is 6.25. The molecule has 0 radical (unpaired) electrons. The van der Waals surface area contributed by atoms with Crippen molar-refractivity contribution >= 4 is 33.8 Å². The van der Waals surface area contributed by atoms with Crippen molar-refractivity contribution < 1.29 is 0 Å². The lowest BCUT2D eigenvalue weighted by Crippen LogP contribution is -2.23. The maximum Gasteiger partial charge on any atom is 0.272 e. The summed E-state index contributed by atoms with van der Waals surface area (Å²) < 4.78 is 3.34. The molecule has 4 unspecified atom stereocenters. The average molecular weight is 290 g/mol. The molecular weight excluding hydrogens is 276 g/mol. The van der Waals surface area contributed by atoms with Gasteiger partial charge in [-0.05, 0) is 66.6 Å². The molecule has 19 heavy (non-hydrogen) atoms. The molecule has 3 saturated carbocycles. The van der Waals surface area contributed by atoms with Crippen LogP contribution in [-0.2, 0) is 0 Å². The van der Waals surface area contributed by atoms with Crippen LogP contribution < -0.4 is 5.56 Å². The van der Waals surface area contributed by atoms with Crippen molar-refractivity contribution in [2.24, 2.45) is 23.7 Å². The molecule has 3 nitrogen and oxygen atoms in total. The summed E-state index contributed by atoms with van der Waals surface area (Å²) in [4.78, 5) is 15.9. The Balaban J connectivity index is 1.71. The molecule has 0 aromatic carbocycles. The van der Waals surface area contributed by atoms with Gasteiger partial charge < -0.3 is 4.98 Å². The number of aromatic nitrogens is 2. The number of rotatable bonds is 1. The maximum absolute atomic E-state index is 12.6. The number of fused-ring (bicyclic) bond motifs is 6. The third-order valence-electron chi connectivity index (χ3n) is 5.53. The number of hydrogen-bond donors (Lipinski definition) is 1. The molecule has 5 rings (SSSR count). The first-order valence-electron chi connectivity index (χ1n) is 6.98. The second-order valence-corrected chi connectivity index (χ2v) is 7.55. The van der Waals surface area contributed by atoms with Gasteiger partial charge in [0.15, 0.2) is 4.77 Å². The molecule has 1 N–H and O–H groups in total. The Morgan fingerprint density at radius 1 is 1.32 bits per heavy atom. The third kappa shape index (κ3) is 1.23. The zero-order valence-electron chi connectivity index (χ0n) is 10.3. The van der Waals surface area contributed by atoms with Gasteiger partial charge in [0.05, 0.1) is 5.52 Å². The zero-order chi connectivity index (χ0) is 12.7. The summed E-state index contributed by atoms with van der Waals surface area (Å²) in [5.74, 6) is 3.20. The van der Waals surface area contributed by atoms with Gasteiger partial charge in [0, 0.05) is 6.04 Å². The Morgan fingerprint density at radius 2 is 2.05 bits per heavy atom. The third-order valence-corrected chi connectivity index (χ3v) is 6.73. The van der Waals surface area contributed by atoms with Crippen LogP contribution in [0.1, 0.15) is 25.3 Å². The normalized spacial score (nSPS) is 38.8. The van der Waals surface area contributed by atoms with Crippen LogP contribution in [0.5, 0.6) is 0 Å². The molecular formula is C14H14N2OS2. The van der Waals surface area contributed by atoms with E-state index in [0.717, 1.165) is 33.9 Å². The van der Waals surface area contributed by atoms with Gasteiger partial charge in [-0.15, -0.1) is 11.3 Å². The van der Waals surface area contributed by atoms with Crippen LogP contribution in [0.15, 0.2) is 16.2 Å². The quantitative estimate of drug-likeness (QED) is 0.818. The summed E-state index contributed by atoms with van der Waals surface area (Å²) in [5, 5.41) is 1.96. The Hall–Kier alpha value is -0.940. The molecule has 2 heterocycles. The SMILES string of the molecule is O=c1c2sccc2[nH]c(=S)n1C1C2C3CCC(C3)C21. The molecule has 3 fully saturated rings. The predicted octanol–water partition coefficient (Wildman–Crippen LogP) is 3.34. The average Bonchev–Trinajstić information content (AvgIpc) is 2.81. The van der Waals surface area contributed by atoms with E-state index in [1.807, 2.05) is 16.0 Å². The number of hydrogen-bond acceptors (Lipinski definition) is 3. The second kappa shape index (κ2) is 3.38. The molecule has 0 saturated heterocycles. The first kappa shape index (κ1) is 10.8. The van der Waals surface area contributed by atoms with Gasteiger partial charge in [0.25, 0.3) is 5.56 Å². The molecule has 5 heteroatoms. The Labute approximate surface area is 119 Å². The van der Waals surface area contributed by atoms with Crippen LogP contribution in [0, 0.1) is 28.4 Å². The highest BCUT2D eigenvalue weighted by Gasteiger charge is 2.66. The van der Waals surface area contributed by atoms with Crippen molar-refractivity contribution in [1.29, 1.82) is 0 Å². The monoisotopic (exact) mass is 290 g/mol. The van der Waals surface area contributed by atoms with Crippen molar-refractivity contribution in [3.63, 3.8) is 0 Å². The van der Waals surface area contributed by atoms with Crippen LogP contribution >= 0.6 is 23.6 Å². The van der Waals surface area contributed by atoms with E-state index in [1.54, 1.807) is 0 Å². The Kier molecular flexibility index (Phi) is 1.92. The van der Waals surface area contributed by atoms with E-state index in [1.165, 1.54) is 30.6 Å². The van der Waals surface area contributed by atoms with Gasteiger partial charge in [-0.1, -0.05) is 0 Å². The van der Waals surface area contributed by atoms with Crippen molar-refractivity contribution in [2.75, 3.05) is 0 Å². The minimum absolute atomic E-state index is 0.132. The van der Waals surface area contributed by atoms with Gasteiger partial charge >= 0.3 is 0 Å². The largest absolute Gasteiger partial charge is 0.331 e. The van der Waals surface area contributed by atoms with E-state index in [-0.39, 0.29) is 5.56 Å². The molecule has 2 bridgehead atoms. The van der Waals surface area contributed by atoms with Crippen molar-refractivity contribution in [3.05, 3.63) is 26.6 Å². The van der Waals surface area contributed by atoms with Crippen LogP contribution in [0.2, 0.25) is 0 Å².